The topological polar surface area (TPSA) is 123 Å². The first-order valence-corrected chi connectivity index (χ1v) is 10.3. The number of hydrogen-bond donors (Lipinski definition) is 1. The van der Waals surface area contributed by atoms with Crippen LogP contribution in [0.2, 0.25) is 5.15 Å². The van der Waals surface area contributed by atoms with Gasteiger partial charge in [-0.05, 0) is 24.3 Å². The molecule has 0 saturated carbocycles. The summed E-state index contributed by atoms with van der Waals surface area (Å²) in [6.45, 7) is 0.432. The molecule has 0 aliphatic carbocycles. The summed E-state index contributed by atoms with van der Waals surface area (Å²) in [6, 6.07) is 8.62. The smallest absolute Gasteiger partial charge is 0.312 e. The van der Waals surface area contributed by atoms with Crippen molar-refractivity contribution in [2.75, 3.05) is 6.54 Å². The summed E-state index contributed by atoms with van der Waals surface area (Å²) in [7, 11) is 1.78. The molecule has 1 amide bonds. The highest BCUT2D eigenvalue weighted by Gasteiger charge is 2.38. The normalized spacial score (nSPS) is 15.9. The largest absolute Gasteiger partial charge is 0.411 e. The fraction of sp³-hybridized carbons (Fsp3) is 0.200. The van der Waals surface area contributed by atoms with Crippen LogP contribution < -0.4 is 0 Å². The van der Waals surface area contributed by atoms with Crippen molar-refractivity contribution in [1.29, 1.82) is 0 Å². The van der Waals surface area contributed by atoms with Crippen molar-refractivity contribution in [3.63, 3.8) is 0 Å². The van der Waals surface area contributed by atoms with Gasteiger partial charge >= 0.3 is 11.8 Å². The van der Waals surface area contributed by atoms with Gasteiger partial charge in [-0.3, -0.25) is 9.48 Å². The zero-order chi connectivity index (χ0) is 21.8. The van der Waals surface area contributed by atoms with Crippen LogP contribution in [0.1, 0.15) is 33.8 Å². The second kappa shape index (κ2) is 7.02. The number of nitrogens with zero attached hydrogens (tertiary/aromatic N) is 8. The third-order valence-corrected chi connectivity index (χ3v) is 5.75. The summed E-state index contributed by atoms with van der Waals surface area (Å²) < 4.78 is 8.92. The number of imidazole rings is 1. The number of H-pyrrole nitrogens is 1. The minimum atomic E-state index is -0.529. The van der Waals surface area contributed by atoms with Crippen molar-refractivity contribution in [1.82, 2.24) is 44.5 Å². The van der Waals surface area contributed by atoms with Crippen molar-refractivity contribution < 1.29 is 9.21 Å². The zero-order valence-corrected chi connectivity index (χ0v) is 17.6. The lowest BCUT2D eigenvalue weighted by Crippen LogP contribution is -2.41. The van der Waals surface area contributed by atoms with E-state index in [0.29, 0.717) is 29.5 Å². The Balaban J connectivity index is 1.41. The lowest BCUT2D eigenvalue weighted by Gasteiger charge is -2.32. The number of nitrogens with one attached hydrogen (secondary N) is 1. The van der Waals surface area contributed by atoms with Gasteiger partial charge in [0.1, 0.15) is 16.9 Å². The van der Waals surface area contributed by atoms with Gasteiger partial charge < -0.3 is 14.3 Å². The van der Waals surface area contributed by atoms with Crippen molar-refractivity contribution >= 4 is 23.0 Å². The number of pyridine rings is 1. The van der Waals surface area contributed by atoms with Crippen molar-refractivity contribution in [2.24, 2.45) is 7.05 Å². The van der Waals surface area contributed by atoms with Crippen LogP contribution in [0.25, 0.3) is 17.1 Å². The number of rotatable bonds is 3. The Morgan fingerprint density at radius 3 is 2.97 bits per heavy atom. The standard InChI is InChI=1S/C20H16ClN9O2/c1-28-7-5-13(26-28)18-24-25-19(32-18)20(31)29-8-6-12-16(23-10-22-12)17(29)14-9-11-3-2-4-15(21)30(11)27-14/h2-5,7,9-10,17H,6,8H2,1H3,(H,22,23)/t17-/m0/s1. The summed E-state index contributed by atoms with van der Waals surface area (Å²) in [4.78, 5) is 22.7. The van der Waals surface area contributed by atoms with Gasteiger partial charge in [-0.15, -0.1) is 10.2 Å². The van der Waals surface area contributed by atoms with Crippen LogP contribution in [0, 0.1) is 0 Å². The van der Waals surface area contributed by atoms with E-state index in [1.165, 1.54) is 0 Å². The molecule has 0 aromatic carbocycles. The summed E-state index contributed by atoms with van der Waals surface area (Å²) in [5.74, 6) is -0.333. The maximum atomic E-state index is 13.5. The molecule has 11 nitrogen and oxygen atoms in total. The van der Waals surface area contributed by atoms with Crippen LogP contribution in [0.15, 0.2) is 47.3 Å². The van der Waals surface area contributed by atoms with E-state index in [2.05, 4.69) is 30.4 Å². The first kappa shape index (κ1) is 18.8. The molecule has 0 unspecified atom stereocenters. The van der Waals surface area contributed by atoms with Crippen LogP contribution in [0.3, 0.4) is 0 Å². The van der Waals surface area contributed by atoms with Crippen LogP contribution in [0.4, 0.5) is 0 Å². The lowest BCUT2D eigenvalue weighted by molar-refractivity contribution is 0.0646. The number of hydrogen-bond acceptors (Lipinski definition) is 7. The van der Waals surface area contributed by atoms with E-state index in [9.17, 15) is 4.79 Å². The molecule has 5 aromatic heterocycles. The number of fused-ring (bicyclic) bond motifs is 2. The van der Waals surface area contributed by atoms with E-state index >= 15 is 0 Å². The number of halogens is 1. The average molecular weight is 450 g/mol. The lowest BCUT2D eigenvalue weighted by atomic mass is 9.99. The molecule has 6 heterocycles. The molecule has 0 bridgehead atoms. The molecule has 1 aliphatic heterocycles. The molecule has 1 aliphatic rings. The van der Waals surface area contributed by atoms with Gasteiger partial charge in [0.15, 0.2) is 0 Å². The molecule has 0 spiro atoms. The molecule has 32 heavy (non-hydrogen) atoms. The molecule has 1 atom stereocenters. The zero-order valence-electron chi connectivity index (χ0n) is 16.8. The fourth-order valence-electron chi connectivity index (χ4n) is 3.99. The molecule has 0 fully saturated rings. The van der Waals surface area contributed by atoms with Gasteiger partial charge in [0.25, 0.3) is 5.89 Å². The first-order valence-electron chi connectivity index (χ1n) is 9.89. The molecular weight excluding hydrogens is 434 g/mol. The van der Waals surface area contributed by atoms with Gasteiger partial charge in [-0.25, -0.2) is 9.50 Å². The minimum Gasteiger partial charge on any atom is -0.411 e. The highest BCUT2D eigenvalue weighted by atomic mass is 35.5. The molecule has 160 valence electrons. The Morgan fingerprint density at radius 1 is 1.25 bits per heavy atom. The van der Waals surface area contributed by atoms with Gasteiger partial charge in [0.2, 0.25) is 0 Å². The summed E-state index contributed by atoms with van der Waals surface area (Å²) >= 11 is 6.30. The third kappa shape index (κ3) is 2.89. The fourth-order valence-corrected chi connectivity index (χ4v) is 4.20. The SMILES string of the molecule is Cn1ccc(-c2nnc(C(=O)N3CCc4[nH]cnc4[C@@H]3c3cc4cccc(Cl)n4n3)o2)n1. The molecule has 12 heteroatoms. The average Bonchev–Trinajstić information content (AvgIpc) is 3.57. The van der Waals surface area contributed by atoms with E-state index in [1.807, 2.05) is 18.2 Å². The summed E-state index contributed by atoms with van der Waals surface area (Å²) in [6.07, 6.45) is 4.00. The molecule has 1 N–H and O–H groups in total. The van der Waals surface area contributed by atoms with E-state index in [0.717, 1.165) is 16.9 Å². The Morgan fingerprint density at radius 2 is 2.16 bits per heavy atom. The predicted octanol–water partition coefficient (Wildman–Crippen LogP) is 2.28. The van der Waals surface area contributed by atoms with Crippen LogP contribution in [-0.2, 0) is 13.5 Å². The number of aromatic nitrogens is 8. The molecule has 0 saturated heterocycles. The Kier molecular flexibility index (Phi) is 4.12. The van der Waals surface area contributed by atoms with Crippen LogP contribution in [-0.4, -0.2) is 56.9 Å². The highest BCUT2D eigenvalue weighted by Crippen LogP contribution is 2.34. The van der Waals surface area contributed by atoms with E-state index in [1.54, 1.807) is 45.8 Å². The minimum absolute atomic E-state index is 0.114. The molecule has 0 radical (unpaired) electrons. The predicted molar refractivity (Wildman–Crippen MR) is 112 cm³/mol. The maximum Gasteiger partial charge on any atom is 0.312 e. The number of carbonyl (C=O) groups is 1. The Bertz CT molecular complexity index is 1460. The number of aromatic amines is 1. The second-order valence-corrected chi connectivity index (χ2v) is 7.85. The summed E-state index contributed by atoms with van der Waals surface area (Å²) in [5, 5.41) is 17.3. The monoisotopic (exact) mass is 449 g/mol. The Labute approximate surface area is 185 Å². The second-order valence-electron chi connectivity index (χ2n) is 7.46. The molecular formula is C20H16ClN9O2. The van der Waals surface area contributed by atoms with E-state index < -0.39 is 11.9 Å². The van der Waals surface area contributed by atoms with Gasteiger partial charge in [-0.2, -0.15) is 10.2 Å². The van der Waals surface area contributed by atoms with Crippen molar-refractivity contribution in [3.8, 4) is 11.6 Å². The van der Waals surface area contributed by atoms with Gasteiger partial charge in [0.05, 0.1) is 23.2 Å². The van der Waals surface area contributed by atoms with Crippen molar-refractivity contribution in [2.45, 2.75) is 12.5 Å². The number of aryl methyl sites for hydroxylation is 1. The molecule has 6 rings (SSSR count). The Hall–Kier alpha value is -3.99. The quantitative estimate of drug-likeness (QED) is 0.419. The van der Waals surface area contributed by atoms with Gasteiger partial charge in [-0.1, -0.05) is 17.7 Å². The van der Waals surface area contributed by atoms with E-state index in [-0.39, 0.29) is 11.8 Å². The maximum absolute atomic E-state index is 13.5. The highest BCUT2D eigenvalue weighted by molar-refractivity contribution is 6.29. The first-order chi connectivity index (χ1) is 15.6. The van der Waals surface area contributed by atoms with Gasteiger partial charge in [0, 0.05) is 31.9 Å². The number of carbonyl (C=O) groups excluding carboxylic acids is 1. The number of amides is 1. The summed E-state index contributed by atoms with van der Waals surface area (Å²) in [5.41, 5.74) is 3.65. The van der Waals surface area contributed by atoms with E-state index in [4.69, 9.17) is 16.0 Å². The van der Waals surface area contributed by atoms with Crippen LogP contribution in [0.5, 0.6) is 0 Å². The molecule has 5 aromatic rings. The van der Waals surface area contributed by atoms with Crippen LogP contribution >= 0.6 is 11.6 Å². The van der Waals surface area contributed by atoms with Crippen molar-refractivity contribution in [3.05, 3.63) is 71.0 Å². The third-order valence-electron chi connectivity index (χ3n) is 5.47.